The van der Waals surface area contributed by atoms with Crippen LogP contribution in [0, 0.1) is 0 Å². The smallest absolute Gasteiger partial charge is 0.350 e. The van der Waals surface area contributed by atoms with Crippen molar-refractivity contribution in [3.63, 3.8) is 0 Å². The highest BCUT2D eigenvalue weighted by Gasteiger charge is 2.21. The number of nitrogens with one attached hydrogen (secondary N) is 1. The molecule has 1 aromatic carbocycles. The van der Waals surface area contributed by atoms with Gasteiger partial charge in [-0.15, -0.1) is 0 Å². The molecule has 1 aromatic heterocycles. The molecular formula is C17H20N2O3S. The number of amides is 1. The molecule has 0 bridgehead atoms. The molecule has 0 aliphatic carbocycles. The van der Waals surface area contributed by atoms with E-state index in [2.05, 4.69) is 10.3 Å². The molecule has 0 fully saturated rings. The molecule has 0 unspecified atom stereocenters. The van der Waals surface area contributed by atoms with Gasteiger partial charge in [0.05, 0.1) is 12.3 Å². The highest BCUT2D eigenvalue weighted by Crippen LogP contribution is 2.31. The van der Waals surface area contributed by atoms with Crippen LogP contribution < -0.4 is 5.32 Å². The Balaban J connectivity index is 2.28. The molecule has 0 radical (unpaired) electrons. The van der Waals surface area contributed by atoms with Crippen LogP contribution >= 0.6 is 11.3 Å². The van der Waals surface area contributed by atoms with Crippen LogP contribution in [0.5, 0.6) is 0 Å². The Kier molecular flexibility index (Phi) is 6.29. The zero-order chi connectivity index (χ0) is 16.7. The molecule has 0 atom stereocenters. The maximum atomic E-state index is 12.1. The summed E-state index contributed by atoms with van der Waals surface area (Å²) < 4.78 is 5.09. The number of anilines is 1. The number of rotatable bonds is 7. The van der Waals surface area contributed by atoms with Gasteiger partial charge in [-0.3, -0.25) is 4.79 Å². The first-order valence-corrected chi connectivity index (χ1v) is 8.50. The van der Waals surface area contributed by atoms with Crippen LogP contribution in [-0.4, -0.2) is 23.5 Å². The monoisotopic (exact) mass is 332 g/mol. The van der Waals surface area contributed by atoms with Crippen LogP contribution in [0.25, 0.3) is 11.3 Å². The zero-order valence-electron chi connectivity index (χ0n) is 13.3. The summed E-state index contributed by atoms with van der Waals surface area (Å²) in [6.07, 6.45) is 2.23. The Morgan fingerprint density at radius 1 is 1.22 bits per heavy atom. The van der Waals surface area contributed by atoms with E-state index >= 15 is 0 Å². The van der Waals surface area contributed by atoms with E-state index in [1.165, 1.54) is 0 Å². The number of thiazole rings is 1. The second-order valence-electron chi connectivity index (χ2n) is 4.93. The van der Waals surface area contributed by atoms with Crippen molar-refractivity contribution in [1.82, 2.24) is 4.98 Å². The first-order valence-electron chi connectivity index (χ1n) is 7.68. The zero-order valence-corrected chi connectivity index (χ0v) is 14.1. The predicted octanol–water partition coefficient (Wildman–Crippen LogP) is 4.12. The van der Waals surface area contributed by atoms with Crippen LogP contribution in [0.3, 0.4) is 0 Å². The fraction of sp³-hybridized carbons (Fsp3) is 0.353. The Morgan fingerprint density at radius 3 is 2.61 bits per heavy atom. The summed E-state index contributed by atoms with van der Waals surface area (Å²) in [6, 6.07) is 9.40. The third kappa shape index (κ3) is 4.63. The molecule has 2 aromatic rings. The van der Waals surface area contributed by atoms with Crippen molar-refractivity contribution < 1.29 is 14.3 Å². The standard InChI is InChI=1S/C17H20N2O3S/c1-3-5-11-13(20)18-17-19-14(12-9-7-6-8-10-12)15(23-17)16(21)22-4-2/h6-10H,3-5,11H2,1-2H3,(H,18,19,20). The van der Waals surface area contributed by atoms with E-state index in [4.69, 9.17) is 4.74 Å². The third-order valence-electron chi connectivity index (χ3n) is 3.14. The predicted molar refractivity (Wildman–Crippen MR) is 91.7 cm³/mol. The van der Waals surface area contributed by atoms with Crippen molar-refractivity contribution >= 4 is 28.3 Å². The minimum atomic E-state index is -0.419. The number of carbonyl (C=O) groups is 2. The number of unbranched alkanes of at least 4 members (excludes halogenated alkanes) is 1. The topological polar surface area (TPSA) is 68.3 Å². The largest absolute Gasteiger partial charge is 0.462 e. The number of nitrogens with zero attached hydrogens (tertiary/aromatic N) is 1. The summed E-state index contributed by atoms with van der Waals surface area (Å²) in [4.78, 5) is 28.8. The molecule has 6 heteroatoms. The molecule has 23 heavy (non-hydrogen) atoms. The Labute approximate surface area is 139 Å². The minimum absolute atomic E-state index is 0.0874. The van der Waals surface area contributed by atoms with E-state index < -0.39 is 5.97 Å². The summed E-state index contributed by atoms with van der Waals surface area (Å²) in [7, 11) is 0. The first kappa shape index (κ1) is 17.1. The molecule has 122 valence electrons. The summed E-state index contributed by atoms with van der Waals surface area (Å²) in [5.74, 6) is -0.506. The fourth-order valence-corrected chi connectivity index (χ4v) is 2.92. The Bertz CT molecular complexity index is 668. The second kappa shape index (κ2) is 8.43. The van der Waals surface area contributed by atoms with Crippen molar-refractivity contribution in [3.05, 3.63) is 35.2 Å². The number of ether oxygens (including phenoxy) is 1. The quantitative estimate of drug-likeness (QED) is 0.775. The highest BCUT2D eigenvalue weighted by atomic mass is 32.1. The molecular weight excluding hydrogens is 312 g/mol. The number of hydrogen-bond donors (Lipinski definition) is 1. The molecule has 5 nitrogen and oxygen atoms in total. The molecule has 1 amide bonds. The lowest BCUT2D eigenvalue weighted by Gasteiger charge is -2.01. The normalized spacial score (nSPS) is 10.3. The Hall–Kier alpha value is -2.21. The van der Waals surface area contributed by atoms with Crippen molar-refractivity contribution in [1.29, 1.82) is 0 Å². The van der Waals surface area contributed by atoms with E-state index in [1.807, 2.05) is 37.3 Å². The van der Waals surface area contributed by atoms with Crippen molar-refractivity contribution in [2.45, 2.75) is 33.1 Å². The highest BCUT2D eigenvalue weighted by molar-refractivity contribution is 7.18. The minimum Gasteiger partial charge on any atom is -0.462 e. The van der Waals surface area contributed by atoms with Crippen LogP contribution in [-0.2, 0) is 9.53 Å². The van der Waals surface area contributed by atoms with E-state index in [0.717, 1.165) is 29.7 Å². The van der Waals surface area contributed by atoms with Gasteiger partial charge in [-0.25, -0.2) is 9.78 Å². The van der Waals surface area contributed by atoms with Gasteiger partial charge in [-0.05, 0) is 13.3 Å². The lowest BCUT2D eigenvalue weighted by molar-refractivity contribution is -0.116. The second-order valence-corrected chi connectivity index (χ2v) is 5.93. The van der Waals surface area contributed by atoms with Gasteiger partial charge in [0.25, 0.3) is 0 Å². The SMILES string of the molecule is CCCCC(=O)Nc1nc(-c2ccccc2)c(C(=O)OCC)s1. The number of benzene rings is 1. The van der Waals surface area contributed by atoms with Gasteiger partial charge in [0.1, 0.15) is 4.88 Å². The first-order chi connectivity index (χ1) is 11.2. The molecule has 0 aliphatic heterocycles. The maximum Gasteiger partial charge on any atom is 0.350 e. The molecule has 0 spiro atoms. The van der Waals surface area contributed by atoms with Crippen LogP contribution in [0.4, 0.5) is 5.13 Å². The number of hydrogen-bond acceptors (Lipinski definition) is 5. The molecule has 1 N–H and O–H groups in total. The van der Waals surface area contributed by atoms with Crippen LogP contribution in [0.2, 0.25) is 0 Å². The molecule has 2 rings (SSSR count). The lowest BCUT2D eigenvalue weighted by atomic mass is 10.1. The van der Waals surface area contributed by atoms with Gasteiger partial charge in [0.2, 0.25) is 5.91 Å². The molecule has 1 heterocycles. The van der Waals surface area contributed by atoms with E-state index in [0.29, 0.717) is 28.7 Å². The van der Waals surface area contributed by atoms with E-state index in [1.54, 1.807) is 6.92 Å². The number of esters is 1. The summed E-state index contributed by atoms with van der Waals surface area (Å²) in [6.45, 7) is 4.08. The van der Waals surface area contributed by atoms with Gasteiger partial charge in [-0.2, -0.15) is 0 Å². The van der Waals surface area contributed by atoms with Gasteiger partial charge in [0, 0.05) is 12.0 Å². The molecule has 0 saturated carbocycles. The maximum absolute atomic E-state index is 12.1. The number of aromatic nitrogens is 1. The van der Waals surface area contributed by atoms with Gasteiger partial charge >= 0.3 is 5.97 Å². The van der Waals surface area contributed by atoms with Crippen molar-refractivity contribution in [3.8, 4) is 11.3 Å². The fourth-order valence-electron chi connectivity index (χ4n) is 2.02. The van der Waals surface area contributed by atoms with E-state index in [-0.39, 0.29) is 5.91 Å². The average molecular weight is 332 g/mol. The van der Waals surface area contributed by atoms with Crippen LogP contribution in [0.1, 0.15) is 42.8 Å². The summed E-state index contributed by atoms with van der Waals surface area (Å²) in [5, 5.41) is 3.19. The Morgan fingerprint density at radius 2 is 1.96 bits per heavy atom. The lowest BCUT2D eigenvalue weighted by Crippen LogP contribution is -2.10. The van der Waals surface area contributed by atoms with Crippen molar-refractivity contribution in [2.75, 3.05) is 11.9 Å². The van der Waals surface area contributed by atoms with Gasteiger partial charge in [0.15, 0.2) is 5.13 Å². The van der Waals surface area contributed by atoms with E-state index in [9.17, 15) is 9.59 Å². The van der Waals surface area contributed by atoms with Gasteiger partial charge in [-0.1, -0.05) is 55.0 Å². The van der Waals surface area contributed by atoms with Crippen LogP contribution in [0.15, 0.2) is 30.3 Å². The van der Waals surface area contributed by atoms with Crippen molar-refractivity contribution in [2.24, 2.45) is 0 Å². The average Bonchev–Trinajstić information content (AvgIpc) is 2.98. The number of carbonyl (C=O) groups excluding carboxylic acids is 2. The molecule has 0 aliphatic rings. The molecule has 0 saturated heterocycles. The van der Waals surface area contributed by atoms with Gasteiger partial charge < -0.3 is 10.1 Å². The third-order valence-corrected chi connectivity index (χ3v) is 4.09. The summed E-state index contributed by atoms with van der Waals surface area (Å²) >= 11 is 1.15. The summed E-state index contributed by atoms with van der Waals surface area (Å²) in [5.41, 5.74) is 1.36.